The lowest BCUT2D eigenvalue weighted by molar-refractivity contribution is -0.000747. The first-order valence-corrected chi connectivity index (χ1v) is 7.80. The molecular weight excluding hydrogens is 262 g/mol. The zero-order valence-electron chi connectivity index (χ0n) is 12.8. The van der Waals surface area contributed by atoms with E-state index in [1.807, 2.05) is 12.1 Å². The maximum Gasteiger partial charge on any atom is 0.0991 e. The number of ether oxygens (including phenoxy) is 1. The molecule has 1 fully saturated rings. The molecule has 0 saturated carbocycles. The third-order valence-corrected chi connectivity index (χ3v) is 4.25. The third-order valence-electron chi connectivity index (χ3n) is 4.25. The minimum Gasteiger partial charge on any atom is -0.378 e. The molecule has 114 valence electrons. The topological polar surface area (TPSA) is 62.3 Å². The number of nitrogens with zero attached hydrogens (tertiary/aromatic N) is 2. The summed E-state index contributed by atoms with van der Waals surface area (Å²) in [5.41, 5.74) is 7.48. The molecule has 0 aliphatic carbocycles. The van der Waals surface area contributed by atoms with Gasteiger partial charge in [0.1, 0.15) is 0 Å². The van der Waals surface area contributed by atoms with Gasteiger partial charge >= 0.3 is 0 Å². The first-order valence-electron chi connectivity index (χ1n) is 7.80. The Balaban J connectivity index is 1.82. The average Bonchev–Trinajstić information content (AvgIpc) is 2.55. The summed E-state index contributed by atoms with van der Waals surface area (Å²) < 4.78 is 5.84. The van der Waals surface area contributed by atoms with Gasteiger partial charge in [0.2, 0.25) is 0 Å². The fourth-order valence-corrected chi connectivity index (χ4v) is 2.81. The van der Waals surface area contributed by atoms with Gasteiger partial charge in [-0.1, -0.05) is 12.1 Å². The summed E-state index contributed by atoms with van der Waals surface area (Å²) in [4.78, 5) is 2.49. The van der Waals surface area contributed by atoms with Crippen molar-refractivity contribution in [3.05, 3.63) is 35.4 Å². The molecule has 0 amide bonds. The van der Waals surface area contributed by atoms with E-state index in [0.29, 0.717) is 18.7 Å². The first kappa shape index (κ1) is 16.0. The molecule has 1 unspecified atom stereocenters. The van der Waals surface area contributed by atoms with Crippen molar-refractivity contribution in [3.8, 4) is 6.07 Å². The van der Waals surface area contributed by atoms with Gasteiger partial charge in [-0.3, -0.25) is 4.90 Å². The van der Waals surface area contributed by atoms with Crippen LogP contribution in [-0.2, 0) is 4.74 Å². The second-order valence-electron chi connectivity index (χ2n) is 5.66. The number of nitriles is 1. The largest absolute Gasteiger partial charge is 0.378 e. The Kier molecular flexibility index (Phi) is 6.19. The summed E-state index contributed by atoms with van der Waals surface area (Å²) in [5.74, 6) is 0. The van der Waals surface area contributed by atoms with Gasteiger partial charge in [-0.2, -0.15) is 5.26 Å². The molecule has 21 heavy (non-hydrogen) atoms. The molecule has 4 heteroatoms. The second-order valence-corrected chi connectivity index (χ2v) is 5.66. The van der Waals surface area contributed by atoms with Crippen LogP contribution in [-0.4, -0.2) is 37.2 Å². The Morgan fingerprint density at radius 2 is 2.00 bits per heavy atom. The van der Waals surface area contributed by atoms with E-state index >= 15 is 0 Å². The molecule has 0 aromatic heterocycles. The molecule has 2 N–H and O–H groups in total. The average molecular weight is 287 g/mol. The summed E-state index contributed by atoms with van der Waals surface area (Å²) >= 11 is 0. The van der Waals surface area contributed by atoms with Gasteiger partial charge in [0.25, 0.3) is 0 Å². The Morgan fingerprint density at radius 3 is 2.57 bits per heavy atom. The molecule has 1 aromatic carbocycles. The molecule has 1 aromatic rings. The normalized spacial score (nSPS) is 18.3. The van der Waals surface area contributed by atoms with E-state index in [0.717, 1.165) is 44.5 Å². The van der Waals surface area contributed by atoms with Crippen LogP contribution in [0.25, 0.3) is 0 Å². The number of piperidine rings is 1. The van der Waals surface area contributed by atoms with Crippen molar-refractivity contribution in [1.82, 2.24) is 4.90 Å². The fourth-order valence-electron chi connectivity index (χ4n) is 2.81. The third kappa shape index (κ3) is 4.53. The predicted octanol–water partition coefficient (Wildman–Crippen LogP) is 2.45. The zero-order chi connectivity index (χ0) is 15.1. The van der Waals surface area contributed by atoms with Crippen molar-refractivity contribution in [3.63, 3.8) is 0 Å². The van der Waals surface area contributed by atoms with E-state index in [9.17, 15) is 0 Å². The molecule has 1 atom stereocenters. The van der Waals surface area contributed by atoms with Gasteiger partial charge in [-0.25, -0.2) is 0 Å². The number of nitrogens with two attached hydrogens (primary N) is 1. The highest BCUT2D eigenvalue weighted by atomic mass is 16.5. The lowest BCUT2D eigenvalue weighted by Crippen LogP contribution is -2.38. The number of rotatable bonds is 6. The van der Waals surface area contributed by atoms with Gasteiger partial charge < -0.3 is 10.5 Å². The van der Waals surface area contributed by atoms with Crippen LogP contribution in [0.15, 0.2) is 24.3 Å². The Hall–Kier alpha value is -1.41. The van der Waals surface area contributed by atoms with Crippen LogP contribution in [0.3, 0.4) is 0 Å². The lowest BCUT2D eigenvalue weighted by atomic mass is 10.0. The molecule has 1 aliphatic heterocycles. The van der Waals surface area contributed by atoms with E-state index in [-0.39, 0.29) is 0 Å². The number of likely N-dealkylation sites (tertiary alicyclic amines) is 1. The summed E-state index contributed by atoms with van der Waals surface area (Å²) in [7, 11) is 0. The second kappa shape index (κ2) is 8.14. The van der Waals surface area contributed by atoms with Gasteiger partial charge in [0.15, 0.2) is 0 Å². The van der Waals surface area contributed by atoms with Crippen molar-refractivity contribution in [2.45, 2.75) is 38.3 Å². The highest BCUT2D eigenvalue weighted by Gasteiger charge is 2.23. The molecule has 0 bridgehead atoms. The van der Waals surface area contributed by atoms with Crippen LogP contribution < -0.4 is 5.73 Å². The number of hydrogen-bond donors (Lipinski definition) is 1. The molecule has 4 nitrogen and oxygen atoms in total. The Labute approximate surface area is 127 Å². The summed E-state index contributed by atoms with van der Waals surface area (Å²) in [5, 5.41) is 8.85. The monoisotopic (exact) mass is 287 g/mol. The molecular formula is C17H25N3O. The fraction of sp³-hybridized carbons (Fsp3) is 0.588. The Morgan fingerprint density at radius 1 is 1.33 bits per heavy atom. The standard InChI is InChI=1S/C17H25N3O/c1-14(16-5-3-15(13-19)4-6-16)20-10-7-17(8-11-20)21-12-2-9-18/h3-6,14,17H,2,7-12,18H2,1H3. The lowest BCUT2D eigenvalue weighted by Gasteiger charge is -2.36. The van der Waals surface area contributed by atoms with Crippen LogP contribution in [0.4, 0.5) is 0 Å². The quantitative estimate of drug-likeness (QED) is 0.816. The molecule has 0 radical (unpaired) electrons. The highest BCUT2D eigenvalue weighted by Crippen LogP contribution is 2.25. The molecule has 2 rings (SSSR count). The number of hydrogen-bond acceptors (Lipinski definition) is 4. The van der Waals surface area contributed by atoms with Gasteiger partial charge in [-0.05, 0) is 50.4 Å². The molecule has 1 saturated heterocycles. The van der Waals surface area contributed by atoms with Gasteiger partial charge in [0, 0.05) is 25.7 Å². The summed E-state index contributed by atoms with van der Waals surface area (Å²) in [6.45, 7) is 5.85. The van der Waals surface area contributed by atoms with E-state index in [1.54, 1.807) is 0 Å². The van der Waals surface area contributed by atoms with Crippen LogP contribution in [0.1, 0.15) is 43.4 Å². The van der Waals surface area contributed by atoms with Crippen molar-refractivity contribution in [2.24, 2.45) is 5.73 Å². The maximum absolute atomic E-state index is 8.85. The smallest absolute Gasteiger partial charge is 0.0991 e. The number of benzene rings is 1. The molecule has 0 spiro atoms. The minimum atomic E-state index is 0.390. The minimum absolute atomic E-state index is 0.390. The van der Waals surface area contributed by atoms with Crippen LogP contribution >= 0.6 is 0 Å². The van der Waals surface area contributed by atoms with E-state index in [4.69, 9.17) is 15.7 Å². The Bertz CT molecular complexity index is 458. The summed E-state index contributed by atoms with van der Waals surface area (Å²) in [6, 6.07) is 10.5. The summed E-state index contributed by atoms with van der Waals surface area (Å²) in [6.07, 6.45) is 3.51. The van der Waals surface area contributed by atoms with Gasteiger partial charge in [0.05, 0.1) is 17.7 Å². The SMILES string of the molecule is CC(c1ccc(C#N)cc1)N1CCC(OCCCN)CC1. The van der Waals surface area contributed by atoms with Crippen molar-refractivity contribution >= 4 is 0 Å². The zero-order valence-corrected chi connectivity index (χ0v) is 12.8. The van der Waals surface area contributed by atoms with Crippen molar-refractivity contribution in [2.75, 3.05) is 26.2 Å². The maximum atomic E-state index is 8.85. The van der Waals surface area contributed by atoms with Gasteiger partial charge in [-0.15, -0.1) is 0 Å². The van der Waals surface area contributed by atoms with E-state index in [2.05, 4.69) is 30.0 Å². The van der Waals surface area contributed by atoms with E-state index in [1.165, 1.54) is 5.56 Å². The van der Waals surface area contributed by atoms with Crippen LogP contribution in [0.2, 0.25) is 0 Å². The van der Waals surface area contributed by atoms with Crippen molar-refractivity contribution < 1.29 is 4.74 Å². The first-order chi connectivity index (χ1) is 10.2. The predicted molar refractivity (Wildman–Crippen MR) is 83.8 cm³/mol. The van der Waals surface area contributed by atoms with E-state index < -0.39 is 0 Å². The molecule has 1 aliphatic rings. The highest BCUT2D eigenvalue weighted by molar-refractivity contribution is 5.32. The van der Waals surface area contributed by atoms with Crippen LogP contribution in [0, 0.1) is 11.3 Å². The molecule has 1 heterocycles. The van der Waals surface area contributed by atoms with Crippen molar-refractivity contribution in [1.29, 1.82) is 5.26 Å². The van der Waals surface area contributed by atoms with Crippen LogP contribution in [0.5, 0.6) is 0 Å².